The number of diazo groups is 1. The molecule has 1 saturated heterocycles. The van der Waals surface area contributed by atoms with Gasteiger partial charge in [0.15, 0.2) is 4.98 Å². The first-order chi connectivity index (χ1) is 7.22. The van der Waals surface area contributed by atoms with Crippen LogP contribution in [0.3, 0.4) is 0 Å². The Morgan fingerprint density at radius 2 is 1.93 bits per heavy atom. The van der Waals surface area contributed by atoms with E-state index in [2.05, 4.69) is 10.3 Å². The molecule has 0 aromatic heterocycles. The fraction of sp³-hybridized carbons (Fsp3) is 0.111. The number of benzene rings is 1. The quantitative estimate of drug-likeness (QED) is 0.550. The summed E-state index contributed by atoms with van der Waals surface area (Å²) in [6, 6.07) is 5.66. The number of nitrogens with zero attached hydrogens (tertiary/aromatic N) is 3. The second kappa shape index (κ2) is 3.38. The summed E-state index contributed by atoms with van der Waals surface area (Å²) in [5.41, 5.74) is 0.827. The van der Waals surface area contributed by atoms with Crippen molar-refractivity contribution in [3.05, 3.63) is 29.2 Å². The number of imide groups is 1. The molecule has 0 spiro atoms. The molecule has 1 heterocycles. The van der Waals surface area contributed by atoms with E-state index in [-0.39, 0.29) is 12.5 Å². The summed E-state index contributed by atoms with van der Waals surface area (Å²) in [7, 11) is 0. The number of rotatable bonds is 1. The Morgan fingerprint density at radius 3 is 2.40 bits per heavy atom. The predicted molar refractivity (Wildman–Crippen MR) is 52.1 cm³/mol. The lowest BCUT2D eigenvalue weighted by Crippen LogP contribution is -2.30. The molecule has 74 valence electrons. The van der Waals surface area contributed by atoms with E-state index in [9.17, 15) is 9.59 Å². The van der Waals surface area contributed by atoms with Gasteiger partial charge in [-0.15, -0.1) is 0 Å². The molecule has 1 aliphatic heterocycles. The molecule has 0 saturated carbocycles. The van der Waals surface area contributed by atoms with Crippen molar-refractivity contribution in [3.63, 3.8) is 0 Å². The second-order valence-corrected chi connectivity index (χ2v) is 3.00. The van der Waals surface area contributed by atoms with Gasteiger partial charge in [-0.1, -0.05) is 0 Å². The number of amides is 3. The molecule has 0 unspecified atom stereocenters. The van der Waals surface area contributed by atoms with Crippen molar-refractivity contribution in [2.45, 2.75) is 0 Å². The molecule has 15 heavy (non-hydrogen) atoms. The van der Waals surface area contributed by atoms with E-state index in [4.69, 9.17) is 5.39 Å². The smallest absolute Gasteiger partial charge is 0.328 e. The summed E-state index contributed by atoms with van der Waals surface area (Å²) in [5.74, 6) is -0.298. The first kappa shape index (κ1) is 9.15. The largest absolute Gasteiger partial charge is 0.385 e. The molecule has 0 aliphatic carbocycles. The molecule has 0 atom stereocenters. The maximum absolute atomic E-state index is 11.3. The van der Waals surface area contributed by atoms with Crippen LogP contribution in [-0.4, -0.2) is 18.5 Å². The highest BCUT2D eigenvalue weighted by Crippen LogP contribution is 2.21. The lowest BCUT2D eigenvalue weighted by atomic mass is 10.2. The molecule has 6 nitrogen and oxygen atoms in total. The zero-order valence-electron chi connectivity index (χ0n) is 7.67. The highest BCUT2D eigenvalue weighted by Gasteiger charge is 2.30. The van der Waals surface area contributed by atoms with Gasteiger partial charge in [-0.05, 0) is 12.1 Å². The van der Waals surface area contributed by atoms with Gasteiger partial charge in [0.1, 0.15) is 0 Å². The third-order valence-electron chi connectivity index (χ3n) is 2.07. The van der Waals surface area contributed by atoms with E-state index in [1.807, 2.05) is 0 Å². The fourth-order valence-corrected chi connectivity index (χ4v) is 1.35. The van der Waals surface area contributed by atoms with Gasteiger partial charge in [-0.2, -0.15) is 0 Å². The van der Waals surface area contributed by atoms with Gasteiger partial charge in [0.25, 0.3) is 5.91 Å². The van der Waals surface area contributed by atoms with E-state index in [1.165, 1.54) is 24.3 Å². The van der Waals surface area contributed by atoms with Gasteiger partial charge in [0.05, 0.1) is 12.2 Å². The lowest BCUT2D eigenvalue weighted by molar-refractivity contribution is -0.115. The van der Waals surface area contributed by atoms with E-state index in [0.717, 1.165) is 4.90 Å². The van der Waals surface area contributed by atoms with Crippen LogP contribution in [0.15, 0.2) is 24.3 Å². The fourth-order valence-electron chi connectivity index (χ4n) is 1.35. The monoisotopic (exact) mass is 203 g/mol. The maximum Gasteiger partial charge on any atom is 0.385 e. The van der Waals surface area contributed by atoms with Crippen LogP contribution in [0.4, 0.5) is 16.2 Å². The first-order valence-corrected chi connectivity index (χ1v) is 4.28. The van der Waals surface area contributed by atoms with Crippen molar-refractivity contribution in [2.75, 3.05) is 11.4 Å². The third-order valence-corrected chi connectivity index (χ3v) is 2.07. The first-order valence-electron chi connectivity index (χ1n) is 4.28. The highest BCUT2D eigenvalue weighted by molar-refractivity contribution is 6.19. The van der Waals surface area contributed by atoms with Crippen LogP contribution >= 0.6 is 0 Å². The summed E-state index contributed by atoms with van der Waals surface area (Å²) >= 11 is 0. The molecule has 1 aromatic carbocycles. The SMILES string of the molecule is N#[N+]c1ccc(N2C(=O)CNC2=O)cc1. The Bertz CT molecular complexity index is 444. The number of hydrogen-bond donors (Lipinski definition) is 1. The molecule has 1 fully saturated rings. The topological polar surface area (TPSA) is 77.6 Å². The standard InChI is InChI=1S/C9H6N4O2/c10-12-6-1-3-7(4-2-6)13-8(14)5-11-9(13)15/h1-4H,5H2/p+1. The van der Waals surface area contributed by atoms with E-state index >= 15 is 0 Å². The van der Waals surface area contributed by atoms with Crippen LogP contribution in [0.1, 0.15) is 0 Å². The highest BCUT2D eigenvalue weighted by atomic mass is 16.2. The predicted octanol–water partition coefficient (Wildman–Crippen LogP) is 1.23. The molecule has 2 rings (SSSR count). The van der Waals surface area contributed by atoms with E-state index in [0.29, 0.717) is 11.4 Å². The van der Waals surface area contributed by atoms with Crippen LogP contribution in [0.5, 0.6) is 0 Å². The summed E-state index contributed by atoms with van der Waals surface area (Å²) < 4.78 is 0. The van der Waals surface area contributed by atoms with Crippen molar-refractivity contribution in [1.82, 2.24) is 5.32 Å². The second-order valence-electron chi connectivity index (χ2n) is 3.00. The van der Waals surface area contributed by atoms with Crippen molar-refractivity contribution in [3.8, 4) is 0 Å². The van der Waals surface area contributed by atoms with Gasteiger partial charge >= 0.3 is 11.7 Å². The lowest BCUT2D eigenvalue weighted by Gasteiger charge is -2.10. The Hall–Kier alpha value is -2.42. The number of carbonyl (C=O) groups excluding carboxylic acids is 2. The zero-order valence-corrected chi connectivity index (χ0v) is 7.67. The van der Waals surface area contributed by atoms with Crippen LogP contribution in [-0.2, 0) is 4.79 Å². The van der Waals surface area contributed by atoms with E-state index in [1.54, 1.807) is 0 Å². The minimum atomic E-state index is -0.436. The van der Waals surface area contributed by atoms with Gasteiger partial charge < -0.3 is 5.32 Å². The van der Waals surface area contributed by atoms with Crippen LogP contribution in [0.2, 0.25) is 0 Å². The van der Waals surface area contributed by atoms with Crippen molar-refractivity contribution >= 4 is 23.3 Å². The summed E-state index contributed by atoms with van der Waals surface area (Å²) in [5, 5.41) is 10.9. The molecular weight excluding hydrogens is 196 g/mol. The van der Waals surface area contributed by atoms with Gasteiger partial charge in [0, 0.05) is 12.1 Å². The molecule has 0 radical (unpaired) electrons. The molecular formula is C9H7N4O2+. The van der Waals surface area contributed by atoms with Crippen molar-refractivity contribution < 1.29 is 9.59 Å². The van der Waals surface area contributed by atoms with Crippen molar-refractivity contribution in [2.24, 2.45) is 0 Å². The van der Waals surface area contributed by atoms with Gasteiger partial charge in [-0.25, -0.2) is 9.69 Å². The van der Waals surface area contributed by atoms with Crippen LogP contribution < -0.4 is 10.2 Å². The molecule has 6 heteroatoms. The Morgan fingerprint density at radius 1 is 1.27 bits per heavy atom. The number of anilines is 1. The number of hydrogen-bond acceptors (Lipinski definition) is 3. The third kappa shape index (κ3) is 1.50. The van der Waals surface area contributed by atoms with E-state index < -0.39 is 6.03 Å². The molecule has 3 amide bonds. The van der Waals surface area contributed by atoms with Crippen molar-refractivity contribution in [1.29, 1.82) is 5.39 Å². The summed E-state index contributed by atoms with van der Waals surface area (Å²) in [6.07, 6.45) is 0. The minimum absolute atomic E-state index is 0.0188. The normalized spacial score (nSPS) is 15.0. The summed E-state index contributed by atoms with van der Waals surface area (Å²) in [4.78, 5) is 26.6. The summed E-state index contributed by atoms with van der Waals surface area (Å²) in [6.45, 7) is 0.0188. The number of urea groups is 1. The number of carbonyl (C=O) groups is 2. The molecule has 0 bridgehead atoms. The number of nitrogens with one attached hydrogen (secondary N) is 1. The average Bonchev–Trinajstić information content (AvgIpc) is 2.59. The average molecular weight is 203 g/mol. The Labute approximate surface area is 85.1 Å². The van der Waals surface area contributed by atoms with Crippen LogP contribution in [0.25, 0.3) is 4.98 Å². The van der Waals surface area contributed by atoms with Crippen LogP contribution in [0, 0.1) is 5.39 Å². The minimum Gasteiger partial charge on any atom is -0.328 e. The van der Waals surface area contributed by atoms with Gasteiger partial charge in [0.2, 0.25) is 5.39 Å². The maximum atomic E-state index is 11.3. The Kier molecular flexibility index (Phi) is 2.06. The molecule has 1 aliphatic rings. The Balaban J connectivity index is 2.34. The van der Waals surface area contributed by atoms with Gasteiger partial charge in [-0.3, -0.25) is 4.79 Å². The zero-order chi connectivity index (χ0) is 10.8. The molecule has 1 aromatic rings. The molecule has 1 N–H and O–H groups in total.